The first-order valence-electron chi connectivity index (χ1n) is 4.69. The Morgan fingerprint density at radius 3 is 2.85 bits per heavy atom. The van der Waals surface area contributed by atoms with Crippen LogP contribution in [-0.2, 0) is 0 Å². The van der Waals surface area contributed by atoms with Gasteiger partial charge >= 0.3 is 0 Å². The number of hydrogen-bond acceptors (Lipinski definition) is 0. The van der Waals surface area contributed by atoms with Gasteiger partial charge in [0, 0.05) is 6.42 Å². The number of hydrogen-bond donors (Lipinski definition) is 0. The zero-order chi connectivity index (χ0) is 9.68. The molecule has 0 atom stereocenters. The maximum absolute atomic E-state index is 3.89. The SMILES string of the molecule is C=C(C)CC1=C=CC=C(CC)C=C1. The number of rotatable bonds is 3. The van der Waals surface area contributed by atoms with Crippen molar-refractivity contribution in [2.45, 2.75) is 26.7 Å². The van der Waals surface area contributed by atoms with Gasteiger partial charge in [0.05, 0.1) is 0 Å². The van der Waals surface area contributed by atoms with Crippen molar-refractivity contribution in [1.82, 2.24) is 0 Å². The average molecular weight is 172 g/mol. The molecular formula is C13H16. The van der Waals surface area contributed by atoms with Crippen molar-refractivity contribution in [2.24, 2.45) is 0 Å². The van der Waals surface area contributed by atoms with Crippen LogP contribution in [0.1, 0.15) is 26.7 Å². The Bertz CT molecular complexity index is 318. The first kappa shape index (κ1) is 9.83. The van der Waals surface area contributed by atoms with Crippen LogP contribution in [0.25, 0.3) is 0 Å². The highest BCUT2D eigenvalue weighted by Crippen LogP contribution is 2.14. The van der Waals surface area contributed by atoms with Crippen LogP contribution in [0.5, 0.6) is 0 Å². The molecule has 0 nitrogen and oxygen atoms in total. The first-order valence-corrected chi connectivity index (χ1v) is 4.69. The maximum Gasteiger partial charge on any atom is 0.000113 e. The molecule has 0 unspecified atom stereocenters. The molecule has 0 spiro atoms. The third-order valence-corrected chi connectivity index (χ3v) is 1.97. The highest BCUT2D eigenvalue weighted by Gasteiger charge is 1.95. The lowest BCUT2D eigenvalue weighted by Crippen LogP contribution is -1.78. The second-order valence-corrected chi connectivity index (χ2v) is 3.40. The molecule has 0 amide bonds. The summed E-state index contributed by atoms with van der Waals surface area (Å²) in [5.74, 6) is 0. The summed E-state index contributed by atoms with van der Waals surface area (Å²) in [6, 6.07) is 0. The molecule has 13 heavy (non-hydrogen) atoms. The molecule has 0 heterocycles. The van der Waals surface area contributed by atoms with E-state index in [0.29, 0.717) is 0 Å². The summed E-state index contributed by atoms with van der Waals surface area (Å²) in [6.07, 6.45) is 10.4. The minimum Gasteiger partial charge on any atom is -0.117 e. The third-order valence-electron chi connectivity index (χ3n) is 1.97. The molecule has 0 fully saturated rings. The highest BCUT2D eigenvalue weighted by atomic mass is 14.0. The van der Waals surface area contributed by atoms with Gasteiger partial charge in [-0.05, 0) is 30.6 Å². The van der Waals surface area contributed by atoms with Gasteiger partial charge in [-0.1, -0.05) is 37.3 Å². The van der Waals surface area contributed by atoms with E-state index in [4.69, 9.17) is 0 Å². The minimum absolute atomic E-state index is 0.928. The van der Waals surface area contributed by atoms with Crippen molar-refractivity contribution >= 4 is 0 Å². The topological polar surface area (TPSA) is 0 Å². The smallest absolute Gasteiger partial charge is 0.000113 e. The van der Waals surface area contributed by atoms with Gasteiger partial charge in [0.25, 0.3) is 0 Å². The predicted molar refractivity (Wildman–Crippen MR) is 58.5 cm³/mol. The molecule has 1 aliphatic rings. The summed E-state index contributed by atoms with van der Waals surface area (Å²) >= 11 is 0. The summed E-state index contributed by atoms with van der Waals surface area (Å²) in [5.41, 5.74) is 6.99. The van der Waals surface area contributed by atoms with Gasteiger partial charge in [0.15, 0.2) is 0 Å². The van der Waals surface area contributed by atoms with Crippen molar-refractivity contribution in [3.8, 4) is 0 Å². The van der Waals surface area contributed by atoms with E-state index in [9.17, 15) is 0 Å². The van der Waals surface area contributed by atoms with Gasteiger partial charge in [0.2, 0.25) is 0 Å². The van der Waals surface area contributed by atoms with Crippen molar-refractivity contribution in [2.75, 3.05) is 0 Å². The quantitative estimate of drug-likeness (QED) is 0.447. The molecule has 0 bridgehead atoms. The molecule has 68 valence electrons. The Hall–Kier alpha value is -1.26. The molecule has 0 N–H and O–H groups in total. The fraction of sp³-hybridized carbons (Fsp3) is 0.308. The van der Waals surface area contributed by atoms with E-state index < -0.39 is 0 Å². The molecule has 0 heteroatoms. The monoisotopic (exact) mass is 172 g/mol. The summed E-state index contributed by atoms with van der Waals surface area (Å²) in [7, 11) is 0. The lowest BCUT2D eigenvalue weighted by molar-refractivity contribution is 1.14. The van der Waals surface area contributed by atoms with Crippen LogP contribution in [0.3, 0.4) is 0 Å². The fourth-order valence-corrected chi connectivity index (χ4v) is 1.24. The van der Waals surface area contributed by atoms with Crippen molar-refractivity contribution < 1.29 is 0 Å². The van der Waals surface area contributed by atoms with Crippen LogP contribution in [0.2, 0.25) is 0 Å². The maximum atomic E-state index is 3.89. The average Bonchev–Trinajstić information content (AvgIpc) is 2.29. The normalized spacial score (nSPS) is 14.9. The largest absolute Gasteiger partial charge is 0.117 e. The van der Waals surface area contributed by atoms with E-state index in [2.05, 4.69) is 37.5 Å². The lowest BCUT2D eigenvalue weighted by atomic mass is 10.1. The summed E-state index contributed by atoms with van der Waals surface area (Å²) in [4.78, 5) is 0. The molecule has 0 aromatic carbocycles. The van der Waals surface area contributed by atoms with E-state index in [-0.39, 0.29) is 0 Å². The number of allylic oxidation sites excluding steroid dienone is 6. The van der Waals surface area contributed by atoms with Crippen molar-refractivity contribution in [1.29, 1.82) is 0 Å². The first-order chi connectivity index (χ1) is 6.22. The molecule has 0 saturated heterocycles. The molecule has 0 aromatic heterocycles. The molecule has 0 aromatic rings. The van der Waals surface area contributed by atoms with Gasteiger partial charge in [-0.15, -0.1) is 5.73 Å². The van der Waals surface area contributed by atoms with E-state index >= 15 is 0 Å². The van der Waals surface area contributed by atoms with Crippen LogP contribution < -0.4 is 0 Å². The van der Waals surface area contributed by atoms with Crippen LogP contribution in [-0.4, -0.2) is 0 Å². The molecule has 0 aliphatic heterocycles. The summed E-state index contributed by atoms with van der Waals surface area (Å²) in [6.45, 7) is 8.10. The second kappa shape index (κ2) is 4.69. The minimum atomic E-state index is 0.928. The van der Waals surface area contributed by atoms with Gasteiger partial charge in [0.1, 0.15) is 0 Å². The Kier molecular flexibility index (Phi) is 3.54. The molecular weight excluding hydrogens is 156 g/mol. The predicted octanol–water partition coefficient (Wildman–Crippen LogP) is 3.94. The molecule has 1 aliphatic carbocycles. The van der Waals surface area contributed by atoms with Crippen LogP contribution in [0.4, 0.5) is 0 Å². The molecule has 0 radical (unpaired) electrons. The van der Waals surface area contributed by atoms with E-state index in [0.717, 1.165) is 12.8 Å². The van der Waals surface area contributed by atoms with Crippen LogP contribution >= 0.6 is 0 Å². The Balaban J connectivity index is 2.74. The highest BCUT2D eigenvalue weighted by molar-refractivity contribution is 5.35. The van der Waals surface area contributed by atoms with Crippen molar-refractivity contribution in [3.63, 3.8) is 0 Å². The molecule has 0 saturated carbocycles. The Morgan fingerprint density at radius 2 is 2.23 bits per heavy atom. The Morgan fingerprint density at radius 1 is 1.46 bits per heavy atom. The van der Waals surface area contributed by atoms with E-state index in [1.54, 1.807) is 0 Å². The van der Waals surface area contributed by atoms with E-state index in [1.807, 2.05) is 13.0 Å². The van der Waals surface area contributed by atoms with Crippen LogP contribution in [0, 0.1) is 0 Å². The van der Waals surface area contributed by atoms with Crippen molar-refractivity contribution in [3.05, 3.63) is 53.3 Å². The lowest BCUT2D eigenvalue weighted by Gasteiger charge is -1.97. The van der Waals surface area contributed by atoms with Gasteiger partial charge in [-0.25, -0.2) is 0 Å². The second-order valence-electron chi connectivity index (χ2n) is 3.40. The fourth-order valence-electron chi connectivity index (χ4n) is 1.24. The van der Waals surface area contributed by atoms with Gasteiger partial charge in [-0.3, -0.25) is 0 Å². The third kappa shape index (κ3) is 3.31. The summed E-state index contributed by atoms with van der Waals surface area (Å²) in [5, 5.41) is 0. The standard InChI is InChI=1S/C13H16/c1-4-12-6-5-7-13(9-8-12)10-11(2)3/h5-6,8-9H,2,4,10H2,1,3H3. The zero-order valence-electron chi connectivity index (χ0n) is 8.43. The summed E-state index contributed by atoms with van der Waals surface area (Å²) < 4.78 is 0. The van der Waals surface area contributed by atoms with E-state index in [1.165, 1.54) is 16.7 Å². The van der Waals surface area contributed by atoms with Gasteiger partial charge < -0.3 is 0 Å². The van der Waals surface area contributed by atoms with Gasteiger partial charge in [-0.2, -0.15) is 0 Å². The van der Waals surface area contributed by atoms with Crippen LogP contribution in [0.15, 0.2) is 53.3 Å². The Labute approximate surface area is 80.7 Å². The zero-order valence-corrected chi connectivity index (χ0v) is 8.43. The molecule has 1 rings (SSSR count).